The number of aromatic nitrogens is 1. The zero-order valence-corrected chi connectivity index (χ0v) is 9.12. The fourth-order valence-corrected chi connectivity index (χ4v) is 1.61. The van der Waals surface area contributed by atoms with E-state index in [4.69, 9.17) is 5.26 Å². The van der Waals surface area contributed by atoms with E-state index in [1.54, 1.807) is 25.1 Å². The van der Waals surface area contributed by atoms with E-state index >= 15 is 0 Å². The lowest BCUT2D eigenvalue weighted by atomic mass is 10.1. The molecular formula is C13H9FN2O. The molecule has 0 aliphatic carbocycles. The van der Waals surface area contributed by atoms with Crippen molar-refractivity contribution in [3.05, 3.63) is 57.6 Å². The highest BCUT2D eigenvalue weighted by Gasteiger charge is 2.06. The van der Waals surface area contributed by atoms with Crippen molar-refractivity contribution in [3.63, 3.8) is 0 Å². The van der Waals surface area contributed by atoms with Gasteiger partial charge in [0.2, 0.25) is 0 Å². The van der Waals surface area contributed by atoms with E-state index in [-0.39, 0.29) is 11.4 Å². The van der Waals surface area contributed by atoms with Gasteiger partial charge in [-0.15, -0.1) is 0 Å². The minimum Gasteiger partial charge on any atom is -0.321 e. The predicted molar refractivity (Wildman–Crippen MR) is 61.9 cm³/mol. The molecule has 2 aromatic rings. The average molecular weight is 228 g/mol. The van der Waals surface area contributed by atoms with Crippen LogP contribution >= 0.6 is 0 Å². The summed E-state index contributed by atoms with van der Waals surface area (Å²) in [5.74, 6) is -0.332. The van der Waals surface area contributed by atoms with Gasteiger partial charge in [-0.1, -0.05) is 0 Å². The van der Waals surface area contributed by atoms with E-state index in [0.717, 1.165) is 0 Å². The zero-order valence-electron chi connectivity index (χ0n) is 9.12. The molecule has 0 fully saturated rings. The molecule has 2 rings (SSSR count). The van der Waals surface area contributed by atoms with E-state index in [1.807, 2.05) is 6.07 Å². The summed E-state index contributed by atoms with van der Waals surface area (Å²) in [6.45, 7) is 1.70. The van der Waals surface area contributed by atoms with Gasteiger partial charge in [-0.25, -0.2) is 4.39 Å². The topological polar surface area (TPSA) is 56.6 Å². The first-order chi connectivity index (χ1) is 8.11. The lowest BCUT2D eigenvalue weighted by Gasteiger charge is -2.04. The number of rotatable bonds is 1. The molecule has 0 atom stereocenters. The summed E-state index contributed by atoms with van der Waals surface area (Å²) < 4.78 is 12.8. The van der Waals surface area contributed by atoms with Crippen LogP contribution in [-0.4, -0.2) is 4.98 Å². The van der Waals surface area contributed by atoms with Crippen LogP contribution < -0.4 is 5.56 Å². The van der Waals surface area contributed by atoms with Crippen molar-refractivity contribution in [3.8, 4) is 17.3 Å². The van der Waals surface area contributed by atoms with Crippen molar-refractivity contribution in [2.24, 2.45) is 0 Å². The van der Waals surface area contributed by atoms with Gasteiger partial charge in [0, 0.05) is 5.69 Å². The summed E-state index contributed by atoms with van der Waals surface area (Å²) in [6.07, 6.45) is 0. The average Bonchev–Trinajstić information content (AvgIpc) is 2.29. The molecule has 17 heavy (non-hydrogen) atoms. The SMILES string of the molecule is Cc1cc(-c2ccc(F)cc2)[nH]c(=O)c1C#N. The molecule has 0 unspecified atom stereocenters. The monoisotopic (exact) mass is 228 g/mol. The number of H-pyrrole nitrogens is 1. The number of halogens is 1. The highest BCUT2D eigenvalue weighted by atomic mass is 19.1. The van der Waals surface area contributed by atoms with Crippen molar-refractivity contribution in [2.75, 3.05) is 0 Å². The number of aryl methyl sites for hydroxylation is 1. The molecular weight excluding hydrogens is 219 g/mol. The first-order valence-corrected chi connectivity index (χ1v) is 5.02. The van der Waals surface area contributed by atoms with Crippen molar-refractivity contribution in [2.45, 2.75) is 6.92 Å². The van der Waals surface area contributed by atoms with Crippen LogP contribution in [0.3, 0.4) is 0 Å². The maximum atomic E-state index is 12.8. The van der Waals surface area contributed by atoms with Crippen molar-refractivity contribution in [1.82, 2.24) is 4.98 Å². The molecule has 84 valence electrons. The molecule has 0 saturated carbocycles. The van der Waals surface area contributed by atoms with Crippen LogP contribution in [0.4, 0.5) is 4.39 Å². The summed E-state index contributed by atoms with van der Waals surface area (Å²) in [4.78, 5) is 14.2. The van der Waals surface area contributed by atoms with Crippen molar-refractivity contribution >= 4 is 0 Å². The van der Waals surface area contributed by atoms with E-state index in [0.29, 0.717) is 16.8 Å². The zero-order chi connectivity index (χ0) is 12.4. The fraction of sp³-hybridized carbons (Fsp3) is 0.0769. The van der Waals surface area contributed by atoms with Crippen LogP contribution in [0.5, 0.6) is 0 Å². The third kappa shape index (κ3) is 2.08. The van der Waals surface area contributed by atoms with Crippen molar-refractivity contribution in [1.29, 1.82) is 5.26 Å². The molecule has 1 heterocycles. The number of hydrogen-bond acceptors (Lipinski definition) is 2. The second kappa shape index (κ2) is 4.22. The molecule has 0 saturated heterocycles. The van der Waals surface area contributed by atoms with E-state index < -0.39 is 5.56 Å². The Balaban J connectivity index is 2.59. The molecule has 0 aliphatic heterocycles. The Morgan fingerprint density at radius 1 is 1.29 bits per heavy atom. The minimum absolute atomic E-state index is 0.107. The molecule has 0 aliphatic rings. The molecule has 0 amide bonds. The molecule has 3 nitrogen and oxygen atoms in total. The lowest BCUT2D eigenvalue weighted by Crippen LogP contribution is -2.12. The molecule has 0 spiro atoms. The smallest absolute Gasteiger partial charge is 0.266 e. The van der Waals surface area contributed by atoms with Crippen LogP contribution in [0.1, 0.15) is 11.1 Å². The lowest BCUT2D eigenvalue weighted by molar-refractivity contribution is 0.628. The van der Waals surface area contributed by atoms with Gasteiger partial charge in [0.15, 0.2) is 0 Å². The summed E-state index contributed by atoms with van der Waals surface area (Å²) >= 11 is 0. The highest BCUT2D eigenvalue weighted by molar-refractivity contribution is 5.60. The molecule has 1 N–H and O–H groups in total. The number of pyridine rings is 1. The maximum absolute atomic E-state index is 12.8. The van der Waals surface area contributed by atoms with Gasteiger partial charge in [0.25, 0.3) is 5.56 Å². The van der Waals surface area contributed by atoms with Crippen molar-refractivity contribution < 1.29 is 4.39 Å². The van der Waals surface area contributed by atoms with E-state index in [2.05, 4.69) is 4.98 Å². The molecule has 1 aromatic carbocycles. The van der Waals surface area contributed by atoms with Gasteiger partial charge in [-0.05, 0) is 48.4 Å². The minimum atomic E-state index is -0.424. The van der Waals surface area contributed by atoms with E-state index in [9.17, 15) is 9.18 Å². The normalized spacial score (nSPS) is 9.94. The number of aromatic amines is 1. The van der Waals surface area contributed by atoms with Gasteiger partial charge < -0.3 is 4.98 Å². The first kappa shape index (κ1) is 11.1. The number of nitrogens with zero attached hydrogens (tertiary/aromatic N) is 1. The Hall–Kier alpha value is -2.41. The summed E-state index contributed by atoms with van der Waals surface area (Å²) in [7, 11) is 0. The summed E-state index contributed by atoms with van der Waals surface area (Å²) in [5, 5.41) is 8.78. The molecule has 0 radical (unpaired) electrons. The highest BCUT2D eigenvalue weighted by Crippen LogP contribution is 2.17. The standard InChI is InChI=1S/C13H9FN2O/c1-8-6-12(16-13(17)11(8)7-15)9-2-4-10(14)5-3-9/h2-6H,1H3,(H,16,17). The Bertz CT molecular complexity index is 651. The van der Waals surface area contributed by atoms with Crippen LogP contribution in [0.2, 0.25) is 0 Å². The summed E-state index contributed by atoms with van der Waals surface area (Å²) in [6, 6.07) is 9.34. The largest absolute Gasteiger partial charge is 0.321 e. The molecule has 4 heteroatoms. The van der Waals surface area contributed by atoms with Gasteiger partial charge in [0.05, 0.1) is 0 Å². The van der Waals surface area contributed by atoms with Crippen LogP contribution in [0.15, 0.2) is 35.1 Å². The molecule has 1 aromatic heterocycles. The number of nitriles is 1. The first-order valence-electron chi connectivity index (χ1n) is 5.02. The third-order valence-corrected chi connectivity index (χ3v) is 2.50. The van der Waals surface area contributed by atoms with Crippen LogP contribution in [0.25, 0.3) is 11.3 Å². The summed E-state index contributed by atoms with van der Waals surface area (Å²) in [5.41, 5.74) is 1.57. The number of nitrogens with one attached hydrogen (secondary N) is 1. The Kier molecular flexibility index (Phi) is 2.75. The third-order valence-electron chi connectivity index (χ3n) is 2.50. The Morgan fingerprint density at radius 3 is 2.47 bits per heavy atom. The predicted octanol–water partition coefficient (Wildman–Crippen LogP) is 2.36. The van der Waals surface area contributed by atoms with Crippen LogP contribution in [0, 0.1) is 24.1 Å². The second-order valence-electron chi connectivity index (χ2n) is 3.69. The Labute approximate surface area is 97.2 Å². The number of hydrogen-bond donors (Lipinski definition) is 1. The van der Waals surface area contributed by atoms with Gasteiger partial charge >= 0.3 is 0 Å². The quantitative estimate of drug-likeness (QED) is 0.814. The number of benzene rings is 1. The maximum Gasteiger partial charge on any atom is 0.266 e. The van der Waals surface area contributed by atoms with Gasteiger partial charge in [-0.3, -0.25) is 4.79 Å². The van der Waals surface area contributed by atoms with Crippen LogP contribution in [-0.2, 0) is 0 Å². The van der Waals surface area contributed by atoms with E-state index in [1.165, 1.54) is 12.1 Å². The fourth-order valence-electron chi connectivity index (χ4n) is 1.61. The van der Waals surface area contributed by atoms with Gasteiger partial charge in [-0.2, -0.15) is 5.26 Å². The second-order valence-corrected chi connectivity index (χ2v) is 3.69. The Morgan fingerprint density at radius 2 is 1.94 bits per heavy atom. The van der Waals surface area contributed by atoms with Gasteiger partial charge in [0.1, 0.15) is 17.4 Å². The molecule has 0 bridgehead atoms.